The van der Waals surface area contributed by atoms with E-state index < -0.39 is 16.8 Å². The number of thioether (sulfide) groups is 1. The molecule has 1 heterocycles. The Morgan fingerprint density at radius 2 is 1.97 bits per heavy atom. The van der Waals surface area contributed by atoms with Crippen LogP contribution < -0.4 is 5.32 Å². The first-order valence-corrected chi connectivity index (χ1v) is 10.0. The van der Waals surface area contributed by atoms with Crippen molar-refractivity contribution in [1.82, 2.24) is 0 Å². The van der Waals surface area contributed by atoms with Gasteiger partial charge in [0, 0.05) is 29.4 Å². The molecule has 2 atom stereocenters. The van der Waals surface area contributed by atoms with E-state index in [2.05, 4.69) is 16.4 Å². The smallest absolute Gasteiger partial charge is 0.269 e. The lowest BCUT2D eigenvalue weighted by atomic mass is 9.76. The molecule has 8 heteroatoms. The number of amides is 1. The molecular formula is C21H18N4O3S. The number of aliphatic imine (C=N–C) groups is 1. The molecule has 0 bridgehead atoms. The number of nitrogens with one attached hydrogen (secondary N) is 1. The second-order valence-electron chi connectivity index (χ2n) is 6.45. The molecule has 3 rings (SSSR count). The Morgan fingerprint density at radius 3 is 2.59 bits per heavy atom. The number of nitrogens with zero attached hydrogens (tertiary/aromatic N) is 3. The third kappa shape index (κ3) is 4.20. The summed E-state index contributed by atoms with van der Waals surface area (Å²) in [5.41, 5.74) is 1.95. The lowest BCUT2D eigenvalue weighted by Gasteiger charge is -2.30. The van der Waals surface area contributed by atoms with E-state index in [-0.39, 0.29) is 11.6 Å². The van der Waals surface area contributed by atoms with Crippen molar-refractivity contribution in [3.05, 3.63) is 80.9 Å². The summed E-state index contributed by atoms with van der Waals surface area (Å²) in [6.45, 7) is 1.74. The molecule has 1 aliphatic rings. The molecule has 0 aliphatic carbocycles. The number of hydrogen-bond acceptors (Lipinski definition) is 6. The summed E-state index contributed by atoms with van der Waals surface area (Å²) < 4.78 is 0. The van der Waals surface area contributed by atoms with Crippen molar-refractivity contribution >= 4 is 34.8 Å². The minimum Gasteiger partial charge on any atom is -0.325 e. The maximum absolute atomic E-state index is 13.2. The third-order valence-corrected chi connectivity index (χ3v) is 5.38. The number of nitro groups is 1. The van der Waals surface area contributed by atoms with Crippen molar-refractivity contribution in [2.75, 3.05) is 11.6 Å². The van der Waals surface area contributed by atoms with Crippen LogP contribution in [0.15, 0.2) is 70.2 Å². The van der Waals surface area contributed by atoms with Crippen molar-refractivity contribution in [2.45, 2.75) is 12.8 Å². The molecule has 146 valence electrons. The van der Waals surface area contributed by atoms with Crippen LogP contribution in [-0.2, 0) is 4.79 Å². The van der Waals surface area contributed by atoms with E-state index in [1.807, 2.05) is 18.2 Å². The quantitative estimate of drug-likeness (QED) is 0.581. The molecule has 0 aromatic heterocycles. The molecule has 0 fully saturated rings. The van der Waals surface area contributed by atoms with Gasteiger partial charge in [-0.25, -0.2) is 4.99 Å². The van der Waals surface area contributed by atoms with Crippen LogP contribution in [0.1, 0.15) is 18.4 Å². The van der Waals surface area contributed by atoms with E-state index in [9.17, 15) is 20.2 Å². The molecule has 0 saturated heterocycles. The van der Waals surface area contributed by atoms with Gasteiger partial charge in [0.25, 0.3) is 5.69 Å². The number of nitro benzene ring substituents is 1. The molecule has 2 aromatic carbocycles. The van der Waals surface area contributed by atoms with Crippen LogP contribution in [0, 0.1) is 27.4 Å². The van der Waals surface area contributed by atoms with Crippen LogP contribution in [0.3, 0.4) is 0 Å². The monoisotopic (exact) mass is 406 g/mol. The Kier molecular flexibility index (Phi) is 6.10. The Hall–Kier alpha value is -3.44. The van der Waals surface area contributed by atoms with Gasteiger partial charge < -0.3 is 5.32 Å². The molecule has 0 saturated carbocycles. The summed E-state index contributed by atoms with van der Waals surface area (Å²) in [7, 11) is 0. The number of carbonyl (C=O) groups is 1. The van der Waals surface area contributed by atoms with Crippen LogP contribution in [-0.4, -0.2) is 22.8 Å². The van der Waals surface area contributed by atoms with Crippen LogP contribution in [0.25, 0.3) is 0 Å². The summed E-state index contributed by atoms with van der Waals surface area (Å²) in [4.78, 5) is 28.4. The van der Waals surface area contributed by atoms with E-state index in [1.165, 1.54) is 23.9 Å². The van der Waals surface area contributed by atoms with Crippen molar-refractivity contribution in [2.24, 2.45) is 10.9 Å². The number of nitriles is 1. The molecule has 7 nitrogen and oxygen atoms in total. The van der Waals surface area contributed by atoms with Crippen LogP contribution in [0.4, 0.5) is 11.4 Å². The van der Waals surface area contributed by atoms with Gasteiger partial charge in [0.05, 0.1) is 22.5 Å². The molecule has 1 unspecified atom stereocenters. The highest BCUT2D eigenvalue weighted by Gasteiger charge is 2.39. The number of benzene rings is 2. The molecule has 1 aliphatic heterocycles. The van der Waals surface area contributed by atoms with Gasteiger partial charge in [0.2, 0.25) is 5.91 Å². The van der Waals surface area contributed by atoms with Crippen molar-refractivity contribution in [1.29, 1.82) is 5.26 Å². The number of allylic oxidation sites excluding steroid dienone is 1. The van der Waals surface area contributed by atoms with E-state index in [0.717, 1.165) is 0 Å². The number of rotatable bonds is 5. The minimum atomic E-state index is -0.761. The number of hydrogen-bond donors (Lipinski definition) is 1. The normalized spacial score (nSPS) is 18.6. The van der Waals surface area contributed by atoms with Crippen molar-refractivity contribution in [3.8, 4) is 6.07 Å². The number of non-ortho nitro benzene ring substituents is 1. The Bertz CT molecular complexity index is 1060. The molecule has 1 amide bonds. The first-order chi connectivity index (χ1) is 14.0. The van der Waals surface area contributed by atoms with E-state index in [1.54, 1.807) is 37.4 Å². The molecule has 2 aromatic rings. The predicted octanol–water partition coefficient (Wildman–Crippen LogP) is 4.51. The Labute approximate surface area is 172 Å². The van der Waals surface area contributed by atoms with Crippen molar-refractivity contribution < 1.29 is 9.72 Å². The zero-order valence-corrected chi connectivity index (χ0v) is 16.6. The van der Waals surface area contributed by atoms with E-state index >= 15 is 0 Å². The third-order valence-electron chi connectivity index (χ3n) is 4.68. The highest BCUT2D eigenvalue weighted by atomic mass is 32.2. The SMILES string of the molecule is CSC1=C(C#N)[C@@H](c2cccc([N+](=O)[O-])c2)C(C(=O)Nc2ccccc2)C(C)=N1. The van der Waals surface area contributed by atoms with Crippen LogP contribution >= 0.6 is 11.8 Å². The fourth-order valence-electron chi connectivity index (χ4n) is 3.38. The highest BCUT2D eigenvalue weighted by Crippen LogP contribution is 2.42. The molecule has 0 spiro atoms. The topological polar surface area (TPSA) is 108 Å². The predicted molar refractivity (Wildman–Crippen MR) is 114 cm³/mol. The van der Waals surface area contributed by atoms with Gasteiger partial charge in [-0.3, -0.25) is 14.9 Å². The maximum atomic E-state index is 13.2. The summed E-state index contributed by atoms with van der Waals surface area (Å²) in [5, 5.41) is 24.5. The lowest BCUT2D eigenvalue weighted by Crippen LogP contribution is -2.36. The second-order valence-corrected chi connectivity index (χ2v) is 7.25. The van der Waals surface area contributed by atoms with E-state index in [4.69, 9.17) is 0 Å². The minimum absolute atomic E-state index is 0.0899. The number of para-hydroxylation sites is 1. The summed E-state index contributed by atoms with van der Waals surface area (Å²) in [6, 6.07) is 17.2. The fraction of sp³-hybridized carbons (Fsp3) is 0.190. The van der Waals surface area contributed by atoms with Gasteiger partial charge in [-0.05, 0) is 30.9 Å². The average Bonchev–Trinajstić information content (AvgIpc) is 2.73. The standard InChI is InChI=1S/C21H18N4O3S/c1-13-18(20(26)24-15-8-4-3-5-9-15)19(17(12-22)21(23-13)29-2)14-7-6-10-16(11-14)25(27)28/h3-11,18-19H,1-2H3,(H,24,26)/t18?,19-/m1/s1. The average molecular weight is 406 g/mol. The van der Waals surface area contributed by atoms with Crippen LogP contribution in [0.2, 0.25) is 0 Å². The molecule has 0 radical (unpaired) electrons. The summed E-state index contributed by atoms with van der Waals surface area (Å²) in [5.74, 6) is -1.74. The largest absolute Gasteiger partial charge is 0.325 e. The van der Waals surface area contributed by atoms with Gasteiger partial charge in [-0.2, -0.15) is 5.26 Å². The second kappa shape index (κ2) is 8.71. The van der Waals surface area contributed by atoms with E-state index in [0.29, 0.717) is 27.6 Å². The lowest BCUT2D eigenvalue weighted by molar-refractivity contribution is -0.384. The molecule has 29 heavy (non-hydrogen) atoms. The zero-order chi connectivity index (χ0) is 21.0. The zero-order valence-electron chi connectivity index (χ0n) is 15.8. The number of anilines is 1. The summed E-state index contributed by atoms with van der Waals surface area (Å²) >= 11 is 1.31. The Balaban J connectivity index is 2.10. The first kappa shape index (κ1) is 20.3. The molecule has 1 N–H and O–H groups in total. The highest BCUT2D eigenvalue weighted by molar-refractivity contribution is 8.02. The van der Waals surface area contributed by atoms with Gasteiger partial charge in [-0.1, -0.05) is 30.3 Å². The van der Waals surface area contributed by atoms with Crippen LogP contribution in [0.5, 0.6) is 0 Å². The maximum Gasteiger partial charge on any atom is 0.269 e. The van der Waals surface area contributed by atoms with Gasteiger partial charge in [0.1, 0.15) is 5.03 Å². The number of carbonyl (C=O) groups excluding carboxylic acids is 1. The first-order valence-electron chi connectivity index (χ1n) is 8.80. The molecular weight excluding hydrogens is 388 g/mol. The summed E-state index contributed by atoms with van der Waals surface area (Å²) in [6.07, 6.45) is 1.80. The van der Waals surface area contributed by atoms with Crippen molar-refractivity contribution in [3.63, 3.8) is 0 Å². The van der Waals surface area contributed by atoms with Gasteiger partial charge in [-0.15, -0.1) is 11.8 Å². The Morgan fingerprint density at radius 1 is 1.24 bits per heavy atom. The fourth-order valence-corrected chi connectivity index (χ4v) is 4.01. The van der Waals surface area contributed by atoms with Gasteiger partial charge >= 0.3 is 0 Å². The van der Waals surface area contributed by atoms with Gasteiger partial charge in [0.15, 0.2) is 0 Å².